The van der Waals surface area contributed by atoms with Crippen molar-refractivity contribution in [3.8, 4) is 5.75 Å². The summed E-state index contributed by atoms with van der Waals surface area (Å²) in [5, 5.41) is 2.74. The molecule has 1 rings (SSSR count). The highest BCUT2D eigenvalue weighted by Gasteiger charge is 2.12. The molecule has 4 nitrogen and oxygen atoms in total. The zero-order valence-corrected chi connectivity index (χ0v) is 11.3. The van der Waals surface area contributed by atoms with Gasteiger partial charge >= 0.3 is 0 Å². The molecular weight excluding hydrogens is 249 g/mol. The average Bonchev–Trinajstić information content (AvgIpc) is 2.36. The summed E-state index contributed by atoms with van der Waals surface area (Å²) in [6, 6.07) is 3.71. The summed E-state index contributed by atoms with van der Waals surface area (Å²) in [5.41, 5.74) is 0.135. The van der Waals surface area contributed by atoms with Crippen LogP contribution in [0.15, 0.2) is 18.2 Å². The molecule has 0 aliphatic rings. The Morgan fingerprint density at radius 3 is 2.68 bits per heavy atom. The smallest absolute Gasteiger partial charge is 0.258 e. The highest BCUT2D eigenvalue weighted by atomic mass is 19.1. The maximum Gasteiger partial charge on any atom is 0.258 e. The first-order chi connectivity index (χ1) is 8.93. The number of carbonyl (C=O) groups excluding carboxylic acids is 2. The third-order valence-electron chi connectivity index (χ3n) is 2.70. The predicted molar refractivity (Wildman–Crippen MR) is 69.8 cm³/mol. The first-order valence-electron chi connectivity index (χ1n) is 6.16. The average molecular weight is 267 g/mol. The van der Waals surface area contributed by atoms with E-state index in [0.29, 0.717) is 0 Å². The monoisotopic (exact) mass is 267 g/mol. The maximum atomic E-state index is 13.0. The second-order valence-electron chi connectivity index (χ2n) is 4.36. The van der Waals surface area contributed by atoms with Crippen LogP contribution in [0.1, 0.15) is 37.6 Å². The van der Waals surface area contributed by atoms with E-state index >= 15 is 0 Å². The molecule has 104 valence electrons. The van der Waals surface area contributed by atoms with Crippen LogP contribution in [0, 0.1) is 5.82 Å². The highest BCUT2D eigenvalue weighted by molar-refractivity contribution is 5.96. The summed E-state index contributed by atoms with van der Waals surface area (Å²) >= 11 is 0. The maximum absolute atomic E-state index is 13.0. The zero-order chi connectivity index (χ0) is 14.4. The van der Waals surface area contributed by atoms with E-state index in [4.69, 9.17) is 4.74 Å². The van der Waals surface area contributed by atoms with E-state index in [1.54, 1.807) is 0 Å². The van der Waals surface area contributed by atoms with Crippen molar-refractivity contribution < 1.29 is 18.7 Å². The topological polar surface area (TPSA) is 55.4 Å². The molecule has 0 fully saturated rings. The number of ketones is 1. The molecule has 1 N–H and O–H groups in total. The molecule has 1 unspecified atom stereocenters. The molecule has 0 saturated carbocycles. The minimum Gasteiger partial charge on any atom is -0.483 e. The van der Waals surface area contributed by atoms with Crippen LogP contribution in [0.3, 0.4) is 0 Å². The summed E-state index contributed by atoms with van der Waals surface area (Å²) < 4.78 is 18.3. The molecule has 0 aliphatic carbocycles. The Bertz CT molecular complexity index is 474. The minimum atomic E-state index is -0.512. The molecule has 0 heterocycles. The molecule has 0 aliphatic heterocycles. The van der Waals surface area contributed by atoms with Gasteiger partial charge in [-0.25, -0.2) is 4.39 Å². The standard InChI is InChI=1S/C14H18FNO3/c1-4-9(2)16-14(18)8-19-13-6-5-11(15)7-12(13)10(3)17/h5-7,9H,4,8H2,1-3H3,(H,16,18). The number of Topliss-reactive ketones (excluding diaryl/α,β-unsaturated/α-hetero) is 1. The Labute approximate surface area is 112 Å². The van der Waals surface area contributed by atoms with Gasteiger partial charge in [0.1, 0.15) is 11.6 Å². The molecule has 0 aromatic heterocycles. The lowest BCUT2D eigenvalue weighted by atomic mass is 10.1. The Kier molecular flexibility index (Phi) is 5.48. The molecule has 0 spiro atoms. The number of carbonyl (C=O) groups is 2. The van der Waals surface area contributed by atoms with Gasteiger partial charge in [0.05, 0.1) is 5.56 Å². The van der Waals surface area contributed by atoms with Crippen molar-refractivity contribution in [1.29, 1.82) is 0 Å². The van der Waals surface area contributed by atoms with E-state index in [9.17, 15) is 14.0 Å². The fraction of sp³-hybridized carbons (Fsp3) is 0.429. The van der Waals surface area contributed by atoms with Gasteiger partial charge in [-0.15, -0.1) is 0 Å². The predicted octanol–water partition coefficient (Wildman–Crippen LogP) is 2.32. The first-order valence-corrected chi connectivity index (χ1v) is 6.16. The molecule has 1 aromatic carbocycles. The van der Waals surface area contributed by atoms with E-state index in [-0.39, 0.29) is 35.7 Å². The van der Waals surface area contributed by atoms with Crippen LogP contribution in [0.4, 0.5) is 4.39 Å². The van der Waals surface area contributed by atoms with Gasteiger partial charge in [-0.05, 0) is 38.5 Å². The van der Waals surface area contributed by atoms with E-state index in [1.807, 2.05) is 13.8 Å². The summed E-state index contributed by atoms with van der Waals surface area (Å²) in [7, 11) is 0. The van der Waals surface area contributed by atoms with Gasteiger partial charge in [0.15, 0.2) is 12.4 Å². The molecule has 1 amide bonds. The molecular formula is C14H18FNO3. The van der Waals surface area contributed by atoms with Crippen molar-refractivity contribution in [2.45, 2.75) is 33.2 Å². The summed E-state index contributed by atoms with van der Waals surface area (Å²) in [6.07, 6.45) is 0.820. The number of benzene rings is 1. The van der Waals surface area contributed by atoms with Crippen LogP contribution in [-0.2, 0) is 4.79 Å². The van der Waals surface area contributed by atoms with Gasteiger partial charge in [-0.2, -0.15) is 0 Å². The number of hydrogen-bond donors (Lipinski definition) is 1. The summed E-state index contributed by atoms with van der Waals surface area (Å²) in [5.74, 6) is -0.875. The fourth-order valence-corrected chi connectivity index (χ4v) is 1.47. The molecule has 0 radical (unpaired) electrons. The number of amides is 1. The van der Waals surface area contributed by atoms with Crippen LogP contribution in [0.2, 0.25) is 0 Å². The normalized spacial score (nSPS) is 11.8. The Morgan fingerprint density at radius 2 is 2.11 bits per heavy atom. The fourth-order valence-electron chi connectivity index (χ4n) is 1.47. The SMILES string of the molecule is CCC(C)NC(=O)COc1ccc(F)cc1C(C)=O. The van der Waals surface area contributed by atoms with Crippen LogP contribution in [-0.4, -0.2) is 24.3 Å². The largest absolute Gasteiger partial charge is 0.483 e. The molecule has 0 saturated heterocycles. The van der Waals surface area contributed by atoms with Crippen molar-refractivity contribution in [3.05, 3.63) is 29.6 Å². The number of halogens is 1. The lowest BCUT2D eigenvalue weighted by Crippen LogP contribution is -2.35. The minimum absolute atomic E-state index is 0.0663. The molecule has 1 atom stereocenters. The number of hydrogen-bond acceptors (Lipinski definition) is 3. The highest BCUT2D eigenvalue weighted by Crippen LogP contribution is 2.20. The van der Waals surface area contributed by atoms with Crippen LogP contribution in [0.5, 0.6) is 5.75 Å². The van der Waals surface area contributed by atoms with Crippen molar-refractivity contribution in [2.24, 2.45) is 0 Å². The number of rotatable bonds is 6. The van der Waals surface area contributed by atoms with Crippen LogP contribution >= 0.6 is 0 Å². The third kappa shape index (κ3) is 4.69. The van der Waals surface area contributed by atoms with Crippen molar-refractivity contribution >= 4 is 11.7 Å². The Hall–Kier alpha value is -1.91. The zero-order valence-electron chi connectivity index (χ0n) is 11.3. The third-order valence-corrected chi connectivity index (χ3v) is 2.70. The van der Waals surface area contributed by atoms with Gasteiger partial charge in [0.2, 0.25) is 0 Å². The summed E-state index contributed by atoms with van der Waals surface area (Å²) in [6.45, 7) is 4.97. The van der Waals surface area contributed by atoms with Crippen LogP contribution < -0.4 is 10.1 Å². The Balaban J connectivity index is 2.67. The number of nitrogens with one attached hydrogen (secondary N) is 1. The molecule has 1 aromatic rings. The first kappa shape index (κ1) is 15.1. The lowest BCUT2D eigenvalue weighted by Gasteiger charge is -2.13. The van der Waals surface area contributed by atoms with E-state index < -0.39 is 5.82 Å². The van der Waals surface area contributed by atoms with E-state index in [1.165, 1.54) is 19.1 Å². The quantitative estimate of drug-likeness (QED) is 0.805. The van der Waals surface area contributed by atoms with Gasteiger partial charge in [-0.3, -0.25) is 9.59 Å². The van der Waals surface area contributed by atoms with Gasteiger partial charge < -0.3 is 10.1 Å². The number of ether oxygens (including phenoxy) is 1. The van der Waals surface area contributed by atoms with E-state index in [2.05, 4.69) is 5.32 Å². The van der Waals surface area contributed by atoms with Crippen molar-refractivity contribution in [3.63, 3.8) is 0 Å². The molecule has 5 heteroatoms. The second-order valence-corrected chi connectivity index (χ2v) is 4.36. The second kappa shape index (κ2) is 6.87. The molecule has 19 heavy (non-hydrogen) atoms. The van der Waals surface area contributed by atoms with Gasteiger partial charge in [-0.1, -0.05) is 6.92 Å². The van der Waals surface area contributed by atoms with Crippen molar-refractivity contribution in [2.75, 3.05) is 6.61 Å². The lowest BCUT2D eigenvalue weighted by molar-refractivity contribution is -0.123. The van der Waals surface area contributed by atoms with Gasteiger partial charge in [0.25, 0.3) is 5.91 Å². The molecule has 0 bridgehead atoms. The van der Waals surface area contributed by atoms with Crippen molar-refractivity contribution in [1.82, 2.24) is 5.32 Å². The van der Waals surface area contributed by atoms with E-state index in [0.717, 1.165) is 12.5 Å². The van der Waals surface area contributed by atoms with Gasteiger partial charge in [0, 0.05) is 6.04 Å². The Morgan fingerprint density at radius 1 is 1.42 bits per heavy atom. The summed E-state index contributed by atoms with van der Waals surface area (Å²) in [4.78, 5) is 22.9. The van der Waals surface area contributed by atoms with Crippen LogP contribution in [0.25, 0.3) is 0 Å².